The largest absolute Gasteiger partial charge is 0.496 e. The van der Waals surface area contributed by atoms with Gasteiger partial charge in [-0.15, -0.1) is 0 Å². The van der Waals surface area contributed by atoms with E-state index in [1.165, 1.54) is 0 Å². The van der Waals surface area contributed by atoms with Crippen molar-refractivity contribution in [3.05, 3.63) is 83.9 Å². The predicted octanol–water partition coefficient (Wildman–Crippen LogP) is 5.47. The number of hydrogen-bond acceptors (Lipinski definition) is 6. The number of aromatic nitrogens is 1. The number of ether oxygens (including phenoxy) is 3. The van der Waals surface area contributed by atoms with Gasteiger partial charge in [-0.3, -0.25) is 4.79 Å². The first-order chi connectivity index (χ1) is 17.1. The number of methoxy groups -OCH3 is 2. The van der Waals surface area contributed by atoms with E-state index in [1.807, 2.05) is 73.7 Å². The number of para-hydroxylation sites is 2. The van der Waals surface area contributed by atoms with E-state index in [4.69, 9.17) is 19.2 Å². The number of hydrogen-bond donors (Lipinski definition) is 1. The van der Waals surface area contributed by atoms with Crippen molar-refractivity contribution in [1.82, 2.24) is 10.4 Å². The van der Waals surface area contributed by atoms with Gasteiger partial charge >= 0.3 is 0 Å². The van der Waals surface area contributed by atoms with E-state index in [2.05, 4.69) is 10.5 Å². The van der Waals surface area contributed by atoms with Gasteiger partial charge in [0, 0.05) is 10.9 Å². The minimum Gasteiger partial charge on any atom is -0.496 e. The second-order valence-electron chi connectivity index (χ2n) is 7.73. The second kappa shape index (κ2) is 11.2. The highest BCUT2D eigenvalue weighted by atomic mass is 16.5. The van der Waals surface area contributed by atoms with Crippen LogP contribution in [0.2, 0.25) is 0 Å². The molecule has 178 valence electrons. The Labute approximate surface area is 204 Å². The third kappa shape index (κ3) is 5.41. The van der Waals surface area contributed by atoms with Crippen molar-refractivity contribution in [1.29, 1.82) is 0 Å². The SMILES string of the molecule is CCCOc1ccc(/C=N/NC(=O)c2cc(-c3ccccc3OC)nc3ccccc23)cc1OC. The van der Waals surface area contributed by atoms with E-state index in [9.17, 15) is 4.79 Å². The van der Waals surface area contributed by atoms with E-state index in [0.717, 1.165) is 22.9 Å². The molecule has 7 nitrogen and oxygen atoms in total. The van der Waals surface area contributed by atoms with Crippen LogP contribution >= 0.6 is 0 Å². The van der Waals surface area contributed by atoms with Crippen LogP contribution in [0.3, 0.4) is 0 Å². The highest BCUT2D eigenvalue weighted by Crippen LogP contribution is 2.31. The molecular formula is C28H27N3O4. The Morgan fingerprint density at radius 1 is 0.943 bits per heavy atom. The molecule has 0 unspecified atom stereocenters. The molecular weight excluding hydrogens is 442 g/mol. The minimum atomic E-state index is -0.342. The van der Waals surface area contributed by atoms with Crippen LogP contribution in [0.5, 0.6) is 17.2 Å². The molecule has 1 N–H and O–H groups in total. The van der Waals surface area contributed by atoms with Crippen molar-refractivity contribution in [2.75, 3.05) is 20.8 Å². The molecule has 1 heterocycles. The fourth-order valence-corrected chi connectivity index (χ4v) is 3.68. The first-order valence-electron chi connectivity index (χ1n) is 11.3. The van der Waals surface area contributed by atoms with Crippen LogP contribution < -0.4 is 19.6 Å². The van der Waals surface area contributed by atoms with Crippen LogP contribution in [0.1, 0.15) is 29.3 Å². The lowest BCUT2D eigenvalue weighted by Gasteiger charge is -2.11. The summed E-state index contributed by atoms with van der Waals surface area (Å²) in [6.07, 6.45) is 2.47. The third-order valence-electron chi connectivity index (χ3n) is 5.37. The number of hydrazone groups is 1. The van der Waals surface area contributed by atoms with Crippen LogP contribution in [-0.2, 0) is 0 Å². The molecule has 0 saturated heterocycles. The van der Waals surface area contributed by atoms with E-state index in [1.54, 1.807) is 26.5 Å². The van der Waals surface area contributed by atoms with Gasteiger partial charge in [-0.2, -0.15) is 5.10 Å². The maximum atomic E-state index is 13.2. The minimum absolute atomic E-state index is 0.342. The Bertz CT molecular complexity index is 1370. The smallest absolute Gasteiger partial charge is 0.272 e. The summed E-state index contributed by atoms with van der Waals surface area (Å²) < 4.78 is 16.6. The van der Waals surface area contributed by atoms with Gasteiger partial charge in [-0.25, -0.2) is 10.4 Å². The lowest BCUT2D eigenvalue weighted by atomic mass is 10.0. The van der Waals surface area contributed by atoms with Gasteiger partial charge in [-0.05, 0) is 54.4 Å². The summed E-state index contributed by atoms with van der Waals surface area (Å²) >= 11 is 0. The number of rotatable bonds is 9. The molecule has 0 aliphatic heterocycles. The Morgan fingerprint density at radius 3 is 2.51 bits per heavy atom. The Kier molecular flexibility index (Phi) is 7.57. The van der Waals surface area contributed by atoms with Gasteiger partial charge in [0.05, 0.1) is 43.8 Å². The molecule has 0 aliphatic rings. The fraction of sp³-hybridized carbons (Fsp3) is 0.179. The number of nitrogens with zero attached hydrogens (tertiary/aromatic N) is 2. The number of nitrogens with one attached hydrogen (secondary N) is 1. The number of carbonyl (C=O) groups is 1. The van der Waals surface area contributed by atoms with Gasteiger partial charge in [-0.1, -0.05) is 37.3 Å². The summed E-state index contributed by atoms with van der Waals surface area (Å²) in [4.78, 5) is 17.9. The maximum Gasteiger partial charge on any atom is 0.272 e. The topological polar surface area (TPSA) is 82.0 Å². The molecule has 0 bridgehead atoms. The zero-order chi connectivity index (χ0) is 24.6. The number of carbonyl (C=O) groups excluding carboxylic acids is 1. The summed E-state index contributed by atoms with van der Waals surface area (Å²) in [5.74, 6) is 1.61. The van der Waals surface area contributed by atoms with Gasteiger partial charge in [0.25, 0.3) is 5.91 Å². The molecule has 4 rings (SSSR count). The van der Waals surface area contributed by atoms with Crippen molar-refractivity contribution >= 4 is 23.0 Å². The normalized spacial score (nSPS) is 10.9. The van der Waals surface area contributed by atoms with Crippen molar-refractivity contribution in [3.8, 4) is 28.5 Å². The van der Waals surface area contributed by atoms with Crippen LogP contribution in [0.25, 0.3) is 22.2 Å². The van der Waals surface area contributed by atoms with Crippen LogP contribution in [0.4, 0.5) is 0 Å². The Hall–Kier alpha value is -4.39. The molecule has 7 heteroatoms. The Morgan fingerprint density at radius 2 is 1.71 bits per heavy atom. The highest BCUT2D eigenvalue weighted by Gasteiger charge is 2.15. The molecule has 0 spiro atoms. The summed E-state index contributed by atoms with van der Waals surface area (Å²) in [6.45, 7) is 2.65. The van der Waals surface area contributed by atoms with Gasteiger partial charge in [0.1, 0.15) is 5.75 Å². The highest BCUT2D eigenvalue weighted by molar-refractivity contribution is 6.07. The maximum absolute atomic E-state index is 13.2. The van der Waals surface area contributed by atoms with Gasteiger partial charge in [0.2, 0.25) is 0 Å². The summed E-state index contributed by atoms with van der Waals surface area (Å²) in [5.41, 5.74) is 6.01. The number of benzene rings is 3. The van der Waals surface area contributed by atoms with Gasteiger partial charge in [0.15, 0.2) is 11.5 Å². The average Bonchev–Trinajstić information content (AvgIpc) is 2.91. The lowest BCUT2D eigenvalue weighted by molar-refractivity contribution is 0.0956. The molecule has 4 aromatic rings. The predicted molar refractivity (Wildman–Crippen MR) is 138 cm³/mol. The average molecular weight is 470 g/mol. The summed E-state index contributed by atoms with van der Waals surface area (Å²) in [7, 11) is 3.20. The van der Waals surface area contributed by atoms with Crippen molar-refractivity contribution in [2.45, 2.75) is 13.3 Å². The van der Waals surface area contributed by atoms with E-state index in [-0.39, 0.29) is 5.91 Å². The number of pyridine rings is 1. The first kappa shape index (κ1) is 23.8. The van der Waals surface area contributed by atoms with Crippen LogP contribution in [0.15, 0.2) is 77.9 Å². The lowest BCUT2D eigenvalue weighted by Crippen LogP contribution is -2.18. The molecule has 35 heavy (non-hydrogen) atoms. The molecule has 0 radical (unpaired) electrons. The van der Waals surface area contributed by atoms with E-state index >= 15 is 0 Å². The summed E-state index contributed by atoms with van der Waals surface area (Å²) in [6, 6.07) is 22.3. The zero-order valence-corrected chi connectivity index (χ0v) is 19.9. The van der Waals surface area contributed by atoms with E-state index < -0.39 is 0 Å². The molecule has 0 saturated carbocycles. The molecule has 0 fully saturated rings. The zero-order valence-electron chi connectivity index (χ0n) is 19.9. The number of amides is 1. The first-order valence-corrected chi connectivity index (χ1v) is 11.3. The molecule has 0 atom stereocenters. The standard InChI is InChI=1S/C28H27N3O4/c1-4-15-35-26-14-13-19(16-27(26)34-3)18-29-31-28(32)22-17-24(21-10-6-8-12-25(21)33-2)30-23-11-7-5-9-20(22)23/h5-14,16-18H,4,15H2,1-3H3,(H,31,32)/b29-18+. The fourth-order valence-electron chi connectivity index (χ4n) is 3.68. The van der Waals surface area contributed by atoms with Crippen LogP contribution in [0, 0.1) is 0 Å². The molecule has 1 amide bonds. The molecule has 3 aromatic carbocycles. The monoisotopic (exact) mass is 469 g/mol. The van der Waals surface area contributed by atoms with E-state index in [0.29, 0.717) is 40.6 Å². The van der Waals surface area contributed by atoms with Crippen molar-refractivity contribution < 1.29 is 19.0 Å². The molecule has 1 aromatic heterocycles. The Balaban J connectivity index is 1.61. The summed E-state index contributed by atoms with van der Waals surface area (Å²) in [5, 5.41) is 4.90. The number of fused-ring (bicyclic) bond motifs is 1. The molecule has 0 aliphatic carbocycles. The van der Waals surface area contributed by atoms with Gasteiger partial charge < -0.3 is 14.2 Å². The third-order valence-corrected chi connectivity index (χ3v) is 5.37. The van der Waals surface area contributed by atoms with Crippen LogP contribution in [-0.4, -0.2) is 37.9 Å². The van der Waals surface area contributed by atoms with Crippen molar-refractivity contribution in [3.63, 3.8) is 0 Å². The quantitative estimate of drug-likeness (QED) is 0.260. The second-order valence-corrected chi connectivity index (χ2v) is 7.73. The van der Waals surface area contributed by atoms with Crippen molar-refractivity contribution in [2.24, 2.45) is 5.10 Å².